The van der Waals surface area contributed by atoms with Gasteiger partial charge in [0.05, 0.1) is 5.56 Å². The van der Waals surface area contributed by atoms with E-state index < -0.39 is 17.3 Å². The van der Waals surface area contributed by atoms with E-state index in [1.165, 1.54) is 18.2 Å². The van der Waals surface area contributed by atoms with E-state index in [-0.39, 0.29) is 24.4 Å². The zero-order valence-corrected chi connectivity index (χ0v) is 10.8. The van der Waals surface area contributed by atoms with Crippen molar-refractivity contribution < 1.29 is 18.0 Å². The van der Waals surface area contributed by atoms with Crippen molar-refractivity contribution >= 4 is 5.91 Å². The molecule has 1 aromatic carbocycles. The first kappa shape index (κ1) is 15.5. The number of carbonyl (C=O) groups excluding carboxylic acids is 1. The summed E-state index contributed by atoms with van der Waals surface area (Å²) < 4.78 is 38.1. The monoisotopic (exact) mass is 274 g/mol. The van der Waals surface area contributed by atoms with Crippen LogP contribution in [0, 0.1) is 0 Å². The highest BCUT2D eigenvalue weighted by molar-refractivity contribution is 5.77. The maximum atomic E-state index is 12.7. The normalized spacial score (nSPS) is 12.3. The first-order valence-electron chi connectivity index (χ1n) is 5.80. The van der Waals surface area contributed by atoms with E-state index in [4.69, 9.17) is 5.73 Å². The highest BCUT2D eigenvalue weighted by atomic mass is 19.4. The number of hydrogen-bond acceptors (Lipinski definition) is 2. The summed E-state index contributed by atoms with van der Waals surface area (Å²) in [5.41, 5.74) is 4.28. The first-order chi connectivity index (χ1) is 8.59. The van der Waals surface area contributed by atoms with Gasteiger partial charge in [0, 0.05) is 18.5 Å². The van der Waals surface area contributed by atoms with Crippen molar-refractivity contribution in [3.63, 3.8) is 0 Å². The molecule has 0 fully saturated rings. The molecule has 1 aromatic rings. The molecular weight excluding hydrogens is 257 g/mol. The Labute approximate surface area is 110 Å². The molecule has 106 valence electrons. The number of alkyl halides is 3. The molecule has 0 heterocycles. The second kappa shape index (κ2) is 5.61. The molecule has 0 saturated heterocycles. The van der Waals surface area contributed by atoms with Crippen molar-refractivity contribution in [3.8, 4) is 0 Å². The van der Waals surface area contributed by atoms with Crippen LogP contribution in [-0.4, -0.2) is 11.4 Å². The Morgan fingerprint density at radius 3 is 2.37 bits per heavy atom. The molecular formula is C13H17F3N2O. The van der Waals surface area contributed by atoms with Crippen LogP contribution >= 0.6 is 0 Å². The molecule has 0 aliphatic heterocycles. The third kappa shape index (κ3) is 5.30. The van der Waals surface area contributed by atoms with Crippen molar-refractivity contribution in [2.24, 2.45) is 5.73 Å². The molecule has 6 heteroatoms. The van der Waals surface area contributed by atoms with Gasteiger partial charge in [-0.05, 0) is 25.5 Å². The fraction of sp³-hybridized carbons (Fsp3) is 0.462. The van der Waals surface area contributed by atoms with E-state index in [1.54, 1.807) is 13.8 Å². The van der Waals surface area contributed by atoms with Gasteiger partial charge in [0.25, 0.3) is 0 Å². The Bertz CT molecular complexity index is 450. The molecule has 0 spiro atoms. The minimum absolute atomic E-state index is 0.0400. The highest BCUT2D eigenvalue weighted by Crippen LogP contribution is 2.31. The molecule has 0 aliphatic rings. The third-order valence-electron chi connectivity index (χ3n) is 2.41. The number of nitrogens with two attached hydrogens (primary N) is 1. The average molecular weight is 274 g/mol. The SMILES string of the molecule is CC(C)(N)CC(=O)NCc1ccccc1C(F)(F)F. The average Bonchev–Trinajstić information content (AvgIpc) is 2.23. The Balaban J connectivity index is 2.71. The summed E-state index contributed by atoms with van der Waals surface area (Å²) in [6, 6.07) is 5.16. The maximum absolute atomic E-state index is 12.7. The molecule has 0 unspecified atom stereocenters. The molecule has 1 amide bonds. The van der Waals surface area contributed by atoms with E-state index in [1.807, 2.05) is 0 Å². The molecule has 19 heavy (non-hydrogen) atoms. The summed E-state index contributed by atoms with van der Waals surface area (Å²) in [5.74, 6) is -0.371. The molecule has 3 nitrogen and oxygen atoms in total. The molecule has 0 aliphatic carbocycles. The van der Waals surface area contributed by atoms with E-state index in [2.05, 4.69) is 5.32 Å². The minimum Gasteiger partial charge on any atom is -0.352 e. The Morgan fingerprint density at radius 2 is 1.84 bits per heavy atom. The van der Waals surface area contributed by atoms with Gasteiger partial charge in [0.1, 0.15) is 0 Å². The molecule has 0 bridgehead atoms. The van der Waals surface area contributed by atoms with Crippen molar-refractivity contribution in [2.45, 2.75) is 38.5 Å². The van der Waals surface area contributed by atoms with Gasteiger partial charge in [-0.25, -0.2) is 0 Å². The minimum atomic E-state index is -4.42. The van der Waals surface area contributed by atoms with Gasteiger partial charge in [-0.2, -0.15) is 13.2 Å². The summed E-state index contributed by atoms with van der Waals surface area (Å²) in [4.78, 5) is 11.5. The van der Waals surface area contributed by atoms with E-state index in [9.17, 15) is 18.0 Å². The highest BCUT2D eigenvalue weighted by Gasteiger charge is 2.32. The molecule has 1 rings (SSSR count). The van der Waals surface area contributed by atoms with Crippen LogP contribution in [0.25, 0.3) is 0 Å². The lowest BCUT2D eigenvalue weighted by atomic mass is 10.0. The standard InChI is InChI=1S/C13H17F3N2O/c1-12(2,17)7-11(19)18-8-9-5-3-4-6-10(9)13(14,15)16/h3-6H,7-8,17H2,1-2H3,(H,18,19). The quantitative estimate of drug-likeness (QED) is 0.886. The number of hydrogen-bond donors (Lipinski definition) is 2. The van der Waals surface area contributed by atoms with Crippen LogP contribution in [0.2, 0.25) is 0 Å². The van der Waals surface area contributed by atoms with Gasteiger partial charge >= 0.3 is 6.18 Å². The van der Waals surface area contributed by atoms with Gasteiger partial charge < -0.3 is 11.1 Å². The van der Waals surface area contributed by atoms with Crippen LogP contribution in [0.1, 0.15) is 31.4 Å². The summed E-state index contributed by atoms with van der Waals surface area (Å²) in [7, 11) is 0. The van der Waals surface area contributed by atoms with Crippen LogP contribution in [0.4, 0.5) is 13.2 Å². The van der Waals surface area contributed by atoms with Gasteiger partial charge in [0.2, 0.25) is 5.91 Å². The second-order valence-electron chi connectivity index (χ2n) is 5.10. The van der Waals surface area contributed by atoms with E-state index >= 15 is 0 Å². The lowest BCUT2D eigenvalue weighted by Crippen LogP contribution is -2.39. The van der Waals surface area contributed by atoms with Crippen LogP contribution in [0.5, 0.6) is 0 Å². The number of amides is 1. The predicted octanol–water partition coefficient (Wildman–Crippen LogP) is 2.45. The van der Waals surface area contributed by atoms with E-state index in [0.717, 1.165) is 6.07 Å². The predicted molar refractivity (Wildman–Crippen MR) is 66.2 cm³/mol. The van der Waals surface area contributed by atoms with Crippen molar-refractivity contribution in [3.05, 3.63) is 35.4 Å². The van der Waals surface area contributed by atoms with Crippen molar-refractivity contribution in [2.75, 3.05) is 0 Å². The first-order valence-corrected chi connectivity index (χ1v) is 5.80. The van der Waals surface area contributed by atoms with Crippen LogP contribution < -0.4 is 11.1 Å². The summed E-state index contributed by atoms with van der Waals surface area (Å²) in [5, 5.41) is 2.45. The summed E-state index contributed by atoms with van der Waals surface area (Å²) >= 11 is 0. The van der Waals surface area contributed by atoms with Crippen LogP contribution in [0.3, 0.4) is 0 Å². The Kier molecular flexibility index (Phi) is 4.57. The van der Waals surface area contributed by atoms with Crippen molar-refractivity contribution in [1.29, 1.82) is 0 Å². The fourth-order valence-electron chi connectivity index (χ4n) is 1.62. The van der Waals surface area contributed by atoms with Gasteiger partial charge in [0.15, 0.2) is 0 Å². The number of rotatable bonds is 4. The van der Waals surface area contributed by atoms with Crippen LogP contribution in [-0.2, 0) is 17.5 Å². The Morgan fingerprint density at radius 1 is 1.26 bits per heavy atom. The summed E-state index contributed by atoms with van der Waals surface area (Å²) in [6.45, 7) is 3.19. The number of halogens is 3. The number of carbonyl (C=O) groups is 1. The second-order valence-corrected chi connectivity index (χ2v) is 5.10. The van der Waals surface area contributed by atoms with Gasteiger partial charge in [-0.1, -0.05) is 18.2 Å². The van der Waals surface area contributed by atoms with E-state index in [0.29, 0.717) is 0 Å². The molecule has 0 saturated carbocycles. The fourth-order valence-corrected chi connectivity index (χ4v) is 1.62. The third-order valence-corrected chi connectivity index (χ3v) is 2.41. The maximum Gasteiger partial charge on any atom is 0.416 e. The number of nitrogens with one attached hydrogen (secondary N) is 1. The lowest BCUT2D eigenvalue weighted by molar-refractivity contribution is -0.138. The lowest BCUT2D eigenvalue weighted by Gasteiger charge is -2.18. The molecule has 0 aromatic heterocycles. The smallest absolute Gasteiger partial charge is 0.352 e. The van der Waals surface area contributed by atoms with Crippen LogP contribution in [0.15, 0.2) is 24.3 Å². The zero-order valence-electron chi connectivity index (χ0n) is 10.8. The molecule has 0 atom stereocenters. The zero-order chi connectivity index (χ0) is 14.7. The largest absolute Gasteiger partial charge is 0.416 e. The number of benzene rings is 1. The summed E-state index contributed by atoms with van der Waals surface area (Å²) in [6.07, 6.45) is -4.37. The topological polar surface area (TPSA) is 55.1 Å². The Hall–Kier alpha value is -1.56. The van der Waals surface area contributed by atoms with Crippen molar-refractivity contribution in [1.82, 2.24) is 5.32 Å². The molecule has 0 radical (unpaired) electrons. The van der Waals surface area contributed by atoms with Gasteiger partial charge in [-0.15, -0.1) is 0 Å². The molecule has 3 N–H and O–H groups in total. The van der Waals surface area contributed by atoms with Gasteiger partial charge in [-0.3, -0.25) is 4.79 Å².